The summed E-state index contributed by atoms with van der Waals surface area (Å²) in [5.41, 5.74) is 4.41. The molecule has 13 heteroatoms. The summed E-state index contributed by atoms with van der Waals surface area (Å²) in [5, 5.41) is 15.0. The summed E-state index contributed by atoms with van der Waals surface area (Å²) >= 11 is 0. The fraction of sp³-hybridized carbons (Fsp3) is 0.273. The van der Waals surface area contributed by atoms with Crippen LogP contribution in [0.25, 0.3) is 22.2 Å². The van der Waals surface area contributed by atoms with Crippen LogP contribution in [0.3, 0.4) is 0 Å². The summed E-state index contributed by atoms with van der Waals surface area (Å²) in [6.07, 6.45) is 4.40. The Labute approximate surface area is 264 Å². The van der Waals surface area contributed by atoms with Crippen molar-refractivity contribution in [2.45, 2.75) is 18.9 Å². The number of hydrogen-bond acceptors (Lipinski definition) is 10. The molecule has 0 unspecified atom stereocenters. The van der Waals surface area contributed by atoms with E-state index >= 15 is 0 Å². The molecular formula is C33H33N7O6. The summed E-state index contributed by atoms with van der Waals surface area (Å²) in [5.74, 6) is 0.331. The van der Waals surface area contributed by atoms with E-state index in [0.29, 0.717) is 60.0 Å². The lowest BCUT2D eigenvalue weighted by molar-refractivity contribution is -0.119. The van der Waals surface area contributed by atoms with E-state index in [1.54, 1.807) is 49.4 Å². The van der Waals surface area contributed by atoms with Gasteiger partial charge in [-0.1, -0.05) is 35.5 Å². The minimum absolute atomic E-state index is 0.139. The Morgan fingerprint density at radius 3 is 2.54 bits per heavy atom. The van der Waals surface area contributed by atoms with Gasteiger partial charge in [0, 0.05) is 42.6 Å². The second kappa shape index (κ2) is 14.1. The number of aryl methyl sites for hydroxylation is 1. The Balaban J connectivity index is 1.21. The van der Waals surface area contributed by atoms with Crippen molar-refractivity contribution in [3.05, 3.63) is 84.4 Å². The molecule has 1 atom stereocenters. The zero-order valence-corrected chi connectivity index (χ0v) is 25.4. The number of nitrogens with zero attached hydrogens (tertiary/aromatic N) is 5. The van der Waals surface area contributed by atoms with Crippen LogP contribution in [0.4, 0.5) is 11.4 Å². The van der Waals surface area contributed by atoms with Crippen molar-refractivity contribution < 1.29 is 28.5 Å². The zero-order valence-electron chi connectivity index (χ0n) is 25.4. The van der Waals surface area contributed by atoms with Gasteiger partial charge in [0.05, 0.1) is 24.9 Å². The van der Waals surface area contributed by atoms with E-state index in [0.717, 1.165) is 23.2 Å². The van der Waals surface area contributed by atoms with Crippen molar-refractivity contribution in [2.75, 3.05) is 51.3 Å². The van der Waals surface area contributed by atoms with Crippen molar-refractivity contribution in [2.24, 2.45) is 0 Å². The number of fused-ring (bicyclic) bond motifs is 2. The molecule has 0 spiro atoms. The lowest BCUT2D eigenvalue weighted by atomic mass is 10.1. The highest BCUT2D eigenvalue weighted by Gasteiger charge is 2.26. The molecule has 3 heterocycles. The molecule has 46 heavy (non-hydrogen) atoms. The van der Waals surface area contributed by atoms with Crippen LogP contribution in [-0.2, 0) is 20.7 Å². The molecule has 236 valence electrons. The lowest BCUT2D eigenvalue weighted by Crippen LogP contribution is -2.25. The van der Waals surface area contributed by atoms with E-state index in [4.69, 9.17) is 18.9 Å². The number of carbonyl (C=O) groups excluding carboxylic acids is 2. The summed E-state index contributed by atoms with van der Waals surface area (Å²) in [6.45, 7) is 1.37. The smallest absolute Gasteiger partial charge is 0.275 e. The number of benzene rings is 3. The van der Waals surface area contributed by atoms with Gasteiger partial charge in [0.15, 0.2) is 11.5 Å². The number of hydrogen-bond donors (Lipinski definition) is 2. The minimum Gasteiger partial charge on any atom is -0.487 e. The Hall–Kier alpha value is -5.40. The number of methoxy groups -OCH3 is 2. The molecule has 0 radical (unpaired) electrons. The molecule has 0 saturated heterocycles. The number of amides is 2. The van der Waals surface area contributed by atoms with Crippen LogP contribution in [0.2, 0.25) is 0 Å². The standard InChI is InChI=1S/C33H33N7O6/c1-43-12-14-45-29-17-24-26(18-30(29)46-15-13-44-2)34-20-35-31(24)33(42)36-23-8-5-7-22(16-23)27-19-40(39-38-27)28-11-10-21-6-3-4-9-25(21)37-32(28)41/h3-9,16-20,28H,10-15H2,1-2H3,(H,36,42)(H,37,41)/t28-/m0/s1. The monoisotopic (exact) mass is 623 g/mol. The molecule has 2 amide bonds. The molecule has 13 nitrogen and oxygen atoms in total. The van der Waals surface area contributed by atoms with Crippen molar-refractivity contribution >= 4 is 34.1 Å². The zero-order chi connectivity index (χ0) is 31.9. The van der Waals surface area contributed by atoms with Crippen LogP contribution >= 0.6 is 0 Å². The topological polar surface area (TPSA) is 152 Å². The summed E-state index contributed by atoms with van der Waals surface area (Å²) in [6, 6.07) is 17.9. The molecule has 1 aliphatic heterocycles. The van der Waals surface area contributed by atoms with Gasteiger partial charge in [0.1, 0.15) is 37.0 Å². The Kier molecular flexibility index (Phi) is 9.41. The fourth-order valence-corrected chi connectivity index (χ4v) is 5.20. The molecule has 0 fully saturated rings. The average molecular weight is 624 g/mol. The highest BCUT2D eigenvalue weighted by Crippen LogP contribution is 2.33. The van der Waals surface area contributed by atoms with Crippen molar-refractivity contribution in [3.8, 4) is 22.8 Å². The maximum absolute atomic E-state index is 13.5. The van der Waals surface area contributed by atoms with Crippen LogP contribution in [-0.4, -0.2) is 77.4 Å². The maximum Gasteiger partial charge on any atom is 0.275 e. The van der Waals surface area contributed by atoms with E-state index in [1.807, 2.05) is 36.4 Å². The molecule has 6 rings (SSSR count). The molecule has 5 aromatic rings. The number of carbonyl (C=O) groups is 2. The van der Waals surface area contributed by atoms with Gasteiger partial charge in [-0.2, -0.15) is 0 Å². The van der Waals surface area contributed by atoms with Crippen LogP contribution in [0, 0.1) is 0 Å². The summed E-state index contributed by atoms with van der Waals surface area (Å²) < 4.78 is 23.5. The van der Waals surface area contributed by atoms with Crippen LogP contribution < -0.4 is 20.1 Å². The highest BCUT2D eigenvalue weighted by atomic mass is 16.5. The molecule has 2 N–H and O–H groups in total. The predicted molar refractivity (Wildman–Crippen MR) is 170 cm³/mol. The first kappa shape index (κ1) is 30.6. The van der Waals surface area contributed by atoms with Gasteiger partial charge in [-0.25, -0.2) is 14.6 Å². The number of ether oxygens (including phenoxy) is 4. The maximum atomic E-state index is 13.5. The van der Waals surface area contributed by atoms with E-state index in [1.165, 1.54) is 6.33 Å². The Bertz CT molecular complexity index is 1860. The van der Waals surface area contributed by atoms with Gasteiger partial charge in [-0.05, 0) is 42.7 Å². The third kappa shape index (κ3) is 6.80. The first-order valence-electron chi connectivity index (χ1n) is 14.8. The second-order valence-corrected chi connectivity index (χ2v) is 10.5. The normalized spacial score (nSPS) is 14.3. The van der Waals surface area contributed by atoms with Gasteiger partial charge < -0.3 is 29.6 Å². The van der Waals surface area contributed by atoms with Crippen LogP contribution in [0.5, 0.6) is 11.5 Å². The minimum atomic E-state index is -0.503. The number of rotatable bonds is 12. The van der Waals surface area contributed by atoms with Crippen molar-refractivity contribution in [1.82, 2.24) is 25.0 Å². The van der Waals surface area contributed by atoms with Crippen LogP contribution in [0.1, 0.15) is 28.5 Å². The molecule has 1 aliphatic rings. The molecule has 0 bridgehead atoms. The van der Waals surface area contributed by atoms with Crippen LogP contribution in [0.15, 0.2) is 73.2 Å². The van der Waals surface area contributed by atoms with Gasteiger partial charge >= 0.3 is 0 Å². The molecular weight excluding hydrogens is 590 g/mol. The largest absolute Gasteiger partial charge is 0.487 e. The number of para-hydroxylation sites is 1. The van der Waals surface area contributed by atoms with E-state index in [2.05, 4.69) is 30.9 Å². The van der Waals surface area contributed by atoms with Gasteiger partial charge in [0.2, 0.25) is 5.91 Å². The van der Waals surface area contributed by atoms with E-state index in [9.17, 15) is 9.59 Å². The Morgan fingerprint density at radius 1 is 0.957 bits per heavy atom. The van der Waals surface area contributed by atoms with Gasteiger partial charge in [0.25, 0.3) is 5.91 Å². The summed E-state index contributed by atoms with van der Waals surface area (Å²) in [7, 11) is 3.18. The summed E-state index contributed by atoms with van der Waals surface area (Å²) in [4.78, 5) is 35.2. The SMILES string of the molecule is COCCOc1cc2ncnc(C(=O)Nc3cccc(-c4cn([C@H]5CCc6ccccc6NC5=O)nn4)c3)c2cc1OCCOC. The quantitative estimate of drug-likeness (QED) is 0.192. The molecule has 0 aliphatic carbocycles. The molecule has 2 aromatic heterocycles. The third-order valence-corrected chi connectivity index (χ3v) is 7.52. The van der Waals surface area contributed by atoms with Crippen molar-refractivity contribution in [1.29, 1.82) is 0 Å². The highest BCUT2D eigenvalue weighted by molar-refractivity contribution is 6.11. The first-order valence-corrected chi connectivity index (χ1v) is 14.8. The predicted octanol–water partition coefficient (Wildman–Crippen LogP) is 4.32. The number of nitrogens with one attached hydrogen (secondary N) is 2. The number of aromatic nitrogens is 5. The first-order chi connectivity index (χ1) is 22.5. The lowest BCUT2D eigenvalue weighted by Gasteiger charge is -2.15. The van der Waals surface area contributed by atoms with Gasteiger partial charge in [-0.3, -0.25) is 9.59 Å². The molecule has 0 saturated carbocycles. The molecule has 3 aromatic carbocycles. The fourth-order valence-electron chi connectivity index (χ4n) is 5.20. The van der Waals surface area contributed by atoms with Crippen molar-refractivity contribution in [3.63, 3.8) is 0 Å². The number of anilines is 2. The van der Waals surface area contributed by atoms with E-state index in [-0.39, 0.29) is 18.2 Å². The average Bonchev–Trinajstić information content (AvgIpc) is 3.49. The van der Waals surface area contributed by atoms with E-state index < -0.39 is 11.9 Å². The van der Waals surface area contributed by atoms with Gasteiger partial charge in [-0.15, -0.1) is 5.10 Å². The third-order valence-electron chi connectivity index (χ3n) is 7.52. The Morgan fingerprint density at radius 2 is 1.74 bits per heavy atom. The second-order valence-electron chi connectivity index (χ2n) is 10.5.